The molecule has 1 aromatic heterocycles. The number of methoxy groups -OCH3 is 1. The molecular formula is C15H18N2O3S. The summed E-state index contributed by atoms with van der Waals surface area (Å²) >= 11 is 1.24. The van der Waals surface area contributed by atoms with Crippen LogP contribution < -0.4 is 5.32 Å². The summed E-state index contributed by atoms with van der Waals surface area (Å²) < 4.78 is 4.85. The van der Waals surface area contributed by atoms with Gasteiger partial charge in [-0.05, 0) is 24.3 Å². The molecule has 1 aliphatic carbocycles. The standard InChI is InChI=1S/C15H18N2O3S/c1-20-15(19)11-5-3-2-4-6-12(11)17-14(18)13-10(9-16)7-8-21-13/h7-8,11-12H,2-6H2,1H3,(H,17,18)/t11-,12+/m1/s1. The van der Waals surface area contributed by atoms with Gasteiger partial charge in [-0.1, -0.05) is 19.3 Å². The van der Waals surface area contributed by atoms with Gasteiger partial charge in [0.2, 0.25) is 0 Å². The van der Waals surface area contributed by atoms with Crippen molar-refractivity contribution in [1.29, 1.82) is 5.26 Å². The van der Waals surface area contributed by atoms with E-state index in [1.807, 2.05) is 6.07 Å². The Bertz CT molecular complexity index is 562. The van der Waals surface area contributed by atoms with Crippen molar-refractivity contribution >= 4 is 23.2 Å². The van der Waals surface area contributed by atoms with Gasteiger partial charge in [-0.15, -0.1) is 11.3 Å². The zero-order chi connectivity index (χ0) is 15.2. The highest BCUT2D eigenvalue weighted by Gasteiger charge is 2.32. The molecule has 1 N–H and O–H groups in total. The van der Waals surface area contributed by atoms with E-state index in [2.05, 4.69) is 5.32 Å². The molecule has 2 atom stereocenters. The Kier molecular flexibility index (Phi) is 5.34. The molecule has 1 fully saturated rings. The first-order valence-electron chi connectivity index (χ1n) is 7.03. The first kappa shape index (κ1) is 15.5. The first-order chi connectivity index (χ1) is 10.2. The normalized spacial score (nSPS) is 21.9. The number of hydrogen-bond acceptors (Lipinski definition) is 5. The van der Waals surface area contributed by atoms with Crippen LogP contribution in [0.4, 0.5) is 0 Å². The molecule has 2 rings (SSSR count). The molecule has 21 heavy (non-hydrogen) atoms. The smallest absolute Gasteiger partial charge is 0.310 e. The highest BCUT2D eigenvalue weighted by molar-refractivity contribution is 7.12. The number of ether oxygens (including phenoxy) is 1. The van der Waals surface area contributed by atoms with Crippen LogP contribution >= 0.6 is 11.3 Å². The van der Waals surface area contributed by atoms with E-state index in [0.29, 0.717) is 10.4 Å². The Morgan fingerprint density at radius 2 is 2.14 bits per heavy atom. The van der Waals surface area contributed by atoms with E-state index < -0.39 is 0 Å². The SMILES string of the molecule is COC(=O)[C@@H]1CCCCC[C@@H]1NC(=O)c1sccc1C#N. The van der Waals surface area contributed by atoms with Crippen LogP contribution in [0.1, 0.15) is 47.3 Å². The fraction of sp³-hybridized carbons (Fsp3) is 0.533. The summed E-state index contributed by atoms with van der Waals surface area (Å²) in [5.74, 6) is -0.844. The number of nitriles is 1. The van der Waals surface area contributed by atoms with Crippen molar-refractivity contribution in [2.24, 2.45) is 5.92 Å². The maximum absolute atomic E-state index is 12.3. The van der Waals surface area contributed by atoms with Crippen LogP contribution in [0.25, 0.3) is 0 Å². The van der Waals surface area contributed by atoms with Crippen LogP contribution in [0.2, 0.25) is 0 Å². The molecule has 112 valence electrons. The fourth-order valence-electron chi connectivity index (χ4n) is 2.72. The number of carbonyl (C=O) groups is 2. The van der Waals surface area contributed by atoms with Crippen LogP contribution in [0.15, 0.2) is 11.4 Å². The molecule has 0 aromatic carbocycles. The van der Waals surface area contributed by atoms with Crippen LogP contribution in [0.5, 0.6) is 0 Å². The quantitative estimate of drug-likeness (QED) is 0.687. The number of rotatable bonds is 3. The van der Waals surface area contributed by atoms with Crippen molar-refractivity contribution in [2.75, 3.05) is 7.11 Å². The summed E-state index contributed by atoms with van der Waals surface area (Å²) in [5.41, 5.74) is 0.376. The molecule has 0 unspecified atom stereocenters. The topological polar surface area (TPSA) is 79.2 Å². The Morgan fingerprint density at radius 1 is 1.38 bits per heavy atom. The Hall–Kier alpha value is -1.87. The van der Waals surface area contributed by atoms with Gasteiger partial charge < -0.3 is 10.1 Å². The van der Waals surface area contributed by atoms with E-state index in [9.17, 15) is 9.59 Å². The first-order valence-corrected chi connectivity index (χ1v) is 7.91. The van der Waals surface area contributed by atoms with E-state index in [1.165, 1.54) is 18.4 Å². The third kappa shape index (κ3) is 3.61. The molecule has 0 bridgehead atoms. The summed E-state index contributed by atoms with van der Waals surface area (Å²) in [4.78, 5) is 24.6. The minimum absolute atomic E-state index is 0.221. The van der Waals surface area contributed by atoms with E-state index in [0.717, 1.165) is 32.1 Å². The maximum atomic E-state index is 12.3. The molecule has 0 spiro atoms. The molecule has 0 radical (unpaired) electrons. The van der Waals surface area contributed by atoms with Gasteiger partial charge in [0.05, 0.1) is 18.6 Å². The summed E-state index contributed by atoms with van der Waals surface area (Å²) in [6, 6.07) is 3.42. The molecule has 0 aliphatic heterocycles. The van der Waals surface area contributed by atoms with Crippen molar-refractivity contribution in [3.63, 3.8) is 0 Å². The van der Waals surface area contributed by atoms with Crippen LogP contribution in [-0.2, 0) is 9.53 Å². The Balaban J connectivity index is 2.13. The van der Waals surface area contributed by atoms with Gasteiger partial charge >= 0.3 is 5.97 Å². The molecule has 1 amide bonds. The molecule has 0 saturated heterocycles. The zero-order valence-electron chi connectivity index (χ0n) is 11.9. The lowest BCUT2D eigenvalue weighted by molar-refractivity contribution is -0.146. The van der Waals surface area contributed by atoms with Crippen molar-refractivity contribution in [1.82, 2.24) is 5.32 Å². The van der Waals surface area contributed by atoms with Crippen molar-refractivity contribution in [3.05, 3.63) is 21.9 Å². The lowest BCUT2D eigenvalue weighted by Gasteiger charge is -2.23. The molecule has 1 saturated carbocycles. The average molecular weight is 306 g/mol. The third-order valence-corrected chi connectivity index (χ3v) is 4.74. The van der Waals surface area contributed by atoms with E-state index in [1.54, 1.807) is 11.4 Å². The van der Waals surface area contributed by atoms with Crippen molar-refractivity contribution in [3.8, 4) is 6.07 Å². The van der Waals surface area contributed by atoms with E-state index in [4.69, 9.17) is 10.00 Å². The Morgan fingerprint density at radius 3 is 2.86 bits per heavy atom. The highest BCUT2D eigenvalue weighted by Crippen LogP contribution is 2.25. The largest absolute Gasteiger partial charge is 0.469 e. The summed E-state index contributed by atoms with van der Waals surface area (Å²) in [6.45, 7) is 0. The van der Waals surface area contributed by atoms with Gasteiger partial charge in [0.15, 0.2) is 0 Å². The number of hydrogen-bond donors (Lipinski definition) is 1. The lowest BCUT2D eigenvalue weighted by atomic mass is 9.94. The predicted octanol–water partition coefficient (Wildman–Crippen LogP) is 2.47. The molecule has 6 heteroatoms. The molecule has 1 aromatic rings. The number of carbonyl (C=O) groups excluding carboxylic acids is 2. The summed E-state index contributed by atoms with van der Waals surface area (Å²) in [7, 11) is 1.37. The van der Waals surface area contributed by atoms with Crippen LogP contribution in [0.3, 0.4) is 0 Å². The van der Waals surface area contributed by atoms with Gasteiger partial charge in [-0.25, -0.2) is 0 Å². The minimum Gasteiger partial charge on any atom is -0.469 e. The van der Waals surface area contributed by atoms with Crippen LogP contribution in [-0.4, -0.2) is 25.0 Å². The second-order valence-electron chi connectivity index (χ2n) is 5.12. The number of thiophene rings is 1. The number of esters is 1. The number of amides is 1. The molecule has 1 heterocycles. The van der Waals surface area contributed by atoms with Gasteiger partial charge in [-0.2, -0.15) is 5.26 Å². The van der Waals surface area contributed by atoms with Crippen LogP contribution in [0, 0.1) is 17.2 Å². The van der Waals surface area contributed by atoms with Gasteiger partial charge in [-0.3, -0.25) is 9.59 Å². The number of nitrogens with one attached hydrogen (secondary N) is 1. The van der Waals surface area contributed by atoms with E-state index >= 15 is 0 Å². The summed E-state index contributed by atoms with van der Waals surface area (Å²) in [6.07, 6.45) is 4.50. The third-order valence-electron chi connectivity index (χ3n) is 3.83. The van der Waals surface area contributed by atoms with Crippen molar-refractivity contribution in [2.45, 2.75) is 38.1 Å². The highest BCUT2D eigenvalue weighted by atomic mass is 32.1. The fourth-order valence-corrected chi connectivity index (χ4v) is 3.47. The average Bonchev–Trinajstić information content (AvgIpc) is 2.86. The minimum atomic E-state index is -0.299. The monoisotopic (exact) mass is 306 g/mol. The van der Waals surface area contributed by atoms with Crippen molar-refractivity contribution < 1.29 is 14.3 Å². The maximum Gasteiger partial charge on any atom is 0.310 e. The zero-order valence-corrected chi connectivity index (χ0v) is 12.7. The molecular weight excluding hydrogens is 288 g/mol. The second kappa shape index (κ2) is 7.23. The Labute approximate surface area is 127 Å². The van der Waals surface area contributed by atoms with Gasteiger partial charge in [0.25, 0.3) is 5.91 Å². The number of nitrogens with zero attached hydrogens (tertiary/aromatic N) is 1. The van der Waals surface area contributed by atoms with Gasteiger partial charge in [0.1, 0.15) is 10.9 Å². The molecule has 1 aliphatic rings. The second-order valence-corrected chi connectivity index (χ2v) is 6.04. The summed E-state index contributed by atoms with van der Waals surface area (Å²) in [5, 5.41) is 13.6. The predicted molar refractivity (Wildman–Crippen MR) is 78.9 cm³/mol. The lowest BCUT2D eigenvalue weighted by Crippen LogP contribution is -2.43. The van der Waals surface area contributed by atoms with Gasteiger partial charge in [0, 0.05) is 6.04 Å². The molecule has 5 nitrogen and oxygen atoms in total. The van der Waals surface area contributed by atoms with E-state index in [-0.39, 0.29) is 23.8 Å².